The van der Waals surface area contributed by atoms with Crippen molar-refractivity contribution in [2.24, 2.45) is 0 Å². The number of aryl methyl sites for hydroxylation is 1. The lowest BCUT2D eigenvalue weighted by atomic mass is 9.81. The largest absolute Gasteiger partial charge is 0.311 e. The molecule has 1 aliphatic heterocycles. The van der Waals surface area contributed by atoms with Crippen LogP contribution >= 0.6 is 0 Å². The molecule has 1 aromatic carbocycles. The van der Waals surface area contributed by atoms with E-state index in [1.165, 1.54) is 49.9 Å². The van der Waals surface area contributed by atoms with Gasteiger partial charge in [-0.3, -0.25) is 4.90 Å². The van der Waals surface area contributed by atoms with Crippen LogP contribution in [0.3, 0.4) is 0 Å². The Kier molecular flexibility index (Phi) is 5.22. The van der Waals surface area contributed by atoms with Crippen LogP contribution in [0, 0.1) is 6.92 Å². The van der Waals surface area contributed by atoms with E-state index in [1.807, 2.05) is 0 Å². The molecule has 0 spiro atoms. The third-order valence-electron chi connectivity index (χ3n) is 5.12. The van der Waals surface area contributed by atoms with E-state index in [1.54, 1.807) is 0 Å². The van der Waals surface area contributed by atoms with E-state index in [9.17, 15) is 0 Å². The molecule has 0 amide bonds. The van der Waals surface area contributed by atoms with Gasteiger partial charge < -0.3 is 5.32 Å². The number of likely N-dealkylation sites (N-methyl/N-ethyl adjacent to an activating group) is 1. The molecule has 0 saturated carbocycles. The monoisotopic (exact) mass is 274 g/mol. The quantitative estimate of drug-likeness (QED) is 0.875. The average Bonchev–Trinajstić information content (AvgIpc) is 2.50. The number of rotatable bonds is 5. The van der Waals surface area contributed by atoms with Gasteiger partial charge in [-0.2, -0.15) is 0 Å². The van der Waals surface area contributed by atoms with Crippen molar-refractivity contribution in [3.8, 4) is 0 Å². The van der Waals surface area contributed by atoms with Gasteiger partial charge in [-0.05, 0) is 58.8 Å². The summed E-state index contributed by atoms with van der Waals surface area (Å²) >= 11 is 0. The highest BCUT2D eigenvalue weighted by atomic mass is 15.2. The van der Waals surface area contributed by atoms with Gasteiger partial charge in [0.2, 0.25) is 0 Å². The molecule has 2 heteroatoms. The van der Waals surface area contributed by atoms with Gasteiger partial charge in [0.1, 0.15) is 0 Å². The Bertz CT molecular complexity index is 406. The van der Waals surface area contributed by atoms with E-state index in [0.717, 1.165) is 0 Å². The van der Waals surface area contributed by atoms with Gasteiger partial charge in [0, 0.05) is 5.54 Å². The van der Waals surface area contributed by atoms with Crippen LogP contribution in [0.2, 0.25) is 0 Å². The SMILES string of the molecule is CCC(C)(C(NC)c1ccc(C)cc1)N1CCCCC1. The van der Waals surface area contributed by atoms with Gasteiger partial charge in [-0.15, -0.1) is 0 Å². The molecule has 1 saturated heterocycles. The van der Waals surface area contributed by atoms with Crippen molar-refractivity contribution in [3.63, 3.8) is 0 Å². The molecule has 1 aromatic rings. The fraction of sp³-hybridized carbons (Fsp3) is 0.667. The zero-order valence-corrected chi connectivity index (χ0v) is 13.6. The Hall–Kier alpha value is -0.860. The molecular formula is C18H30N2. The normalized spacial score (nSPS) is 21.4. The van der Waals surface area contributed by atoms with Crippen LogP contribution in [-0.2, 0) is 0 Å². The smallest absolute Gasteiger partial charge is 0.0501 e. The molecule has 1 N–H and O–H groups in total. The molecule has 2 unspecified atom stereocenters. The highest BCUT2D eigenvalue weighted by Crippen LogP contribution is 2.35. The van der Waals surface area contributed by atoms with Gasteiger partial charge in [-0.1, -0.05) is 43.2 Å². The van der Waals surface area contributed by atoms with Crippen molar-refractivity contribution in [1.82, 2.24) is 10.2 Å². The second-order valence-corrected chi connectivity index (χ2v) is 6.39. The van der Waals surface area contributed by atoms with Gasteiger partial charge in [0.05, 0.1) is 6.04 Å². The molecule has 2 rings (SSSR count). The standard InChI is InChI=1S/C18H30N2/c1-5-18(3,20-13-7-6-8-14-20)17(19-4)16-11-9-15(2)10-12-16/h9-12,17,19H,5-8,13-14H2,1-4H3. The summed E-state index contributed by atoms with van der Waals surface area (Å²) in [4.78, 5) is 2.71. The summed E-state index contributed by atoms with van der Waals surface area (Å²) in [6, 6.07) is 9.42. The summed E-state index contributed by atoms with van der Waals surface area (Å²) in [7, 11) is 2.10. The maximum absolute atomic E-state index is 3.58. The van der Waals surface area contributed by atoms with Crippen LogP contribution in [0.15, 0.2) is 24.3 Å². The lowest BCUT2D eigenvalue weighted by Gasteiger charge is -2.48. The fourth-order valence-corrected chi connectivity index (χ4v) is 3.61. The summed E-state index contributed by atoms with van der Waals surface area (Å²) in [5, 5.41) is 3.58. The summed E-state index contributed by atoms with van der Waals surface area (Å²) in [5.41, 5.74) is 2.94. The lowest BCUT2D eigenvalue weighted by molar-refractivity contribution is 0.0448. The molecule has 2 nitrogen and oxygen atoms in total. The minimum Gasteiger partial charge on any atom is -0.311 e. The minimum atomic E-state index is 0.199. The first-order valence-corrected chi connectivity index (χ1v) is 8.10. The molecule has 20 heavy (non-hydrogen) atoms. The molecule has 1 fully saturated rings. The van der Waals surface area contributed by atoms with Crippen LogP contribution in [0.4, 0.5) is 0 Å². The highest BCUT2D eigenvalue weighted by molar-refractivity contribution is 5.27. The molecule has 0 radical (unpaired) electrons. The van der Waals surface area contributed by atoms with Crippen molar-refractivity contribution in [3.05, 3.63) is 35.4 Å². The molecule has 0 bridgehead atoms. The number of likely N-dealkylation sites (tertiary alicyclic amines) is 1. The van der Waals surface area contributed by atoms with E-state index < -0.39 is 0 Å². The number of hydrogen-bond donors (Lipinski definition) is 1. The first-order chi connectivity index (χ1) is 9.61. The number of benzene rings is 1. The Labute approximate surface area is 124 Å². The number of nitrogens with zero attached hydrogens (tertiary/aromatic N) is 1. The molecule has 112 valence electrons. The maximum Gasteiger partial charge on any atom is 0.0501 e. The zero-order chi connectivity index (χ0) is 14.6. The van der Waals surface area contributed by atoms with Crippen molar-refractivity contribution >= 4 is 0 Å². The topological polar surface area (TPSA) is 15.3 Å². The molecular weight excluding hydrogens is 244 g/mol. The second-order valence-electron chi connectivity index (χ2n) is 6.39. The molecule has 2 atom stereocenters. The third-order valence-corrected chi connectivity index (χ3v) is 5.12. The van der Waals surface area contributed by atoms with Crippen LogP contribution < -0.4 is 5.32 Å². The van der Waals surface area contributed by atoms with Crippen molar-refractivity contribution < 1.29 is 0 Å². The van der Waals surface area contributed by atoms with Gasteiger partial charge in [0.25, 0.3) is 0 Å². The van der Waals surface area contributed by atoms with Crippen molar-refractivity contribution in [1.29, 1.82) is 0 Å². The van der Waals surface area contributed by atoms with Crippen LogP contribution in [0.1, 0.15) is 56.7 Å². The van der Waals surface area contributed by atoms with Crippen molar-refractivity contribution in [2.45, 2.75) is 58.0 Å². The Morgan fingerprint density at radius 2 is 1.75 bits per heavy atom. The van der Waals surface area contributed by atoms with E-state index in [0.29, 0.717) is 6.04 Å². The number of hydrogen-bond acceptors (Lipinski definition) is 2. The number of nitrogens with one attached hydrogen (secondary N) is 1. The highest BCUT2D eigenvalue weighted by Gasteiger charge is 2.38. The van der Waals surface area contributed by atoms with Crippen molar-refractivity contribution in [2.75, 3.05) is 20.1 Å². The van der Waals surface area contributed by atoms with Gasteiger partial charge in [-0.25, -0.2) is 0 Å². The van der Waals surface area contributed by atoms with Crippen LogP contribution in [0.25, 0.3) is 0 Å². The second kappa shape index (κ2) is 6.73. The lowest BCUT2D eigenvalue weighted by Crippen LogP contribution is -2.55. The summed E-state index contributed by atoms with van der Waals surface area (Å²) < 4.78 is 0. The van der Waals surface area contributed by atoms with Gasteiger partial charge in [0.15, 0.2) is 0 Å². The van der Waals surface area contributed by atoms with Crippen LogP contribution in [0.5, 0.6) is 0 Å². The molecule has 1 aliphatic rings. The van der Waals surface area contributed by atoms with E-state index in [2.05, 4.69) is 62.3 Å². The van der Waals surface area contributed by atoms with E-state index >= 15 is 0 Å². The maximum atomic E-state index is 3.58. The van der Waals surface area contributed by atoms with E-state index in [4.69, 9.17) is 0 Å². The first-order valence-electron chi connectivity index (χ1n) is 8.10. The predicted molar refractivity (Wildman–Crippen MR) is 87.1 cm³/mol. The fourth-order valence-electron chi connectivity index (χ4n) is 3.61. The Morgan fingerprint density at radius 3 is 2.25 bits per heavy atom. The zero-order valence-electron chi connectivity index (χ0n) is 13.6. The summed E-state index contributed by atoms with van der Waals surface area (Å²) in [5.74, 6) is 0. The average molecular weight is 274 g/mol. The minimum absolute atomic E-state index is 0.199. The molecule has 0 aliphatic carbocycles. The Balaban J connectivity index is 2.27. The molecule has 0 aromatic heterocycles. The van der Waals surface area contributed by atoms with E-state index in [-0.39, 0.29) is 5.54 Å². The first kappa shape index (κ1) is 15.5. The summed E-state index contributed by atoms with van der Waals surface area (Å²) in [6.45, 7) is 9.40. The Morgan fingerprint density at radius 1 is 1.15 bits per heavy atom. The summed E-state index contributed by atoms with van der Waals surface area (Å²) in [6.07, 6.45) is 5.26. The predicted octanol–water partition coefficient (Wildman–Crippen LogP) is 3.91. The number of piperidine rings is 1. The molecule has 1 heterocycles. The third kappa shape index (κ3) is 3.07. The van der Waals surface area contributed by atoms with Crippen LogP contribution in [-0.4, -0.2) is 30.6 Å². The van der Waals surface area contributed by atoms with Gasteiger partial charge >= 0.3 is 0 Å².